The van der Waals surface area contributed by atoms with Crippen LogP contribution >= 0.6 is 0 Å². The van der Waals surface area contributed by atoms with Crippen molar-refractivity contribution >= 4 is 21.6 Å². The number of hydrogen-bond donors (Lipinski definition) is 3. The summed E-state index contributed by atoms with van der Waals surface area (Å²) in [7, 11) is -3.86. The number of rotatable bonds is 10. The molecule has 1 amide bonds. The molecule has 0 aromatic heterocycles. The van der Waals surface area contributed by atoms with Crippen molar-refractivity contribution in [1.82, 2.24) is 10.0 Å². The lowest BCUT2D eigenvalue weighted by atomic mass is 10.0. The lowest BCUT2D eigenvalue weighted by Crippen LogP contribution is -2.48. The van der Waals surface area contributed by atoms with Gasteiger partial charge in [0, 0.05) is 13.1 Å². The average molecular weight is 447 g/mol. The van der Waals surface area contributed by atoms with Crippen LogP contribution in [0.25, 0.3) is 0 Å². The van der Waals surface area contributed by atoms with Gasteiger partial charge in [0.2, 0.25) is 15.9 Å². The summed E-state index contributed by atoms with van der Waals surface area (Å²) in [6, 6.07) is 11.5. The molecule has 2 aromatic rings. The summed E-state index contributed by atoms with van der Waals surface area (Å²) in [5.74, 6) is -0.995. The minimum atomic E-state index is -3.86. The van der Waals surface area contributed by atoms with Gasteiger partial charge in [-0.25, -0.2) is 12.8 Å². The molecule has 0 saturated carbocycles. The summed E-state index contributed by atoms with van der Waals surface area (Å²) < 4.78 is 41.5. The molecule has 0 aliphatic heterocycles. The topological polar surface area (TPSA) is 111 Å². The fourth-order valence-corrected chi connectivity index (χ4v) is 4.15. The van der Waals surface area contributed by atoms with E-state index in [4.69, 9.17) is 5.26 Å². The molecule has 166 valence electrons. The summed E-state index contributed by atoms with van der Waals surface area (Å²) in [4.78, 5) is 12.7. The van der Waals surface area contributed by atoms with Crippen molar-refractivity contribution in [3.8, 4) is 6.07 Å². The van der Waals surface area contributed by atoms with Crippen molar-refractivity contribution in [1.29, 1.82) is 5.26 Å². The third kappa shape index (κ3) is 7.05. The first-order chi connectivity index (χ1) is 14.6. The minimum Gasteiger partial charge on any atom is -0.382 e. The van der Waals surface area contributed by atoms with Gasteiger partial charge in [-0.3, -0.25) is 4.79 Å². The molecule has 3 N–H and O–H groups in total. The number of aryl methyl sites for hydroxylation is 1. The largest absolute Gasteiger partial charge is 0.382 e. The predicted octanol–water partition coefficient (Wildman–Crippen LogP) is 2.93. The first-order valence-electron chi connectivity index (χ1n) is 9.93. The number of carbonyl (C=O) groups excluding carboxylic acids is 1. The van der Waals surface area contributed by atoms with Crippen LogP contribution in [0.5, 0.6) is 0 Å². The Morgan fingerprint density at radius 2 is 1.81 bits per heavy atom. The van der Waals surface area contributed by atoms with Gasteiger partial charge in [0.1, 0.15) is 23.5 Å². The number of amides is 1. The zero-order chi connectivity index (χ0) is 23.0. The van der Waals surface area contributed by atoms with Crippen LogP contribution in [0.1, 0.15) is 31.4 Å². The van der Waals surface area contributed by atoms with Crippen LogP contribution in [0.2, 0.25) is 0 Å². The molecule has 2 rings (SSSR count). The second-order valence-electron chi connectivity index (χ2n) is 7.61. The average Bonchev–Trinajstić information content (AvgIpc) is 2.70. The van der Waals surface area contributed by atoms with Crippen LogP contribution in [0.15, 0.2) is 47.4 Å². The van der Waals surface area contributed by atoms with Crippen molar-refractivity contribution in [2.45, 2.75) is 38.1 Å². The maximum absolute atomic E-state index is 13.6. The first-order valence-corrected chi connectivity index (χ1v) is 11.4. The maximum Gasteiger partial charge on any atom is 0.241 e. The number of halogens is 1. The Balaban J connectivity index is 1.99. The summed E-state index contributed by atoms with van der Waals surface area (Å²) in [6.07, 6.45) is 0.326. The Labute approximate surface area is 182 Å². The Bertz CT molecular complexity index is 1050. The molecule has 0 radical (unpaired) electrons. The first kappa shape index (κ1) is 24.3. The number of nitriles is 1. The Morgan fingerprint density at radius 3 is 2.42 bits per heavy atom. The van der Waals surface area contributed by atoms with E-state index >= 15 is 0 Å². The van der Waals surface area contributed by atoms with Gasteiger partial charge in [0.25, 0.3) is 0 Å². The third-order valence-electron chi connectivity index (χ3n) is 4.52. The fourth-order valence-electron chi connectivity index (χ4n) is 2.94. The number of sulfonamides is 1. The van der Waals surface area contributed by atoms with Crippen molar-refractivity contribution in [2.24, 2.45) is 5.92 Å². The number of benzene rings is 2. The van der Waals surface area contributed by atoms with Crippen LogP contribution in [-0.2, 0) is 14.8 Å². The van der Waals surface area contributed by atoms with E-state index in [-0.39, 0.29) is 29.5 Å². The zero-order valence-electron chi connectivity index (χ0n) is 17.8. The lowest BCUT2D eigenvalue weighted by Gasteiger charge is -2.20. The van der Waals surface area contributed by atoms with E-state index in [9.17, 15) is 17.6 Å². The normalized spacial score (nSPS) is 12.3. The Morgan fingerprint density at radius 1 is 1.13 bits per heavy atom. The van der Waals surface area contributed by atoms with E-state index < -0.39 is 27.8 Å². The van der Waals surface area contributed by atoms with E-state index in [1.807, 2.05) is 20.8 Å². The summed E-state index contributed by atoms with van der Waals surface area (Å²) in [6.45, 7) is 6.06. The Kier molecular flexibility index (Phi) is 8.54. The number of carbonyl (C=O) groups is 1. The van der Waals surface area contributed by atoms with Gasteiger partial charge >= 0.3 is 0 Å². The molecule has 7 nitrogen and oxygen atoms in total. The van der Waals surface area contributed by atoms with Gasteiger partial charge in [-0.05, 0) is 43.5 Å². The second kappa shape index (κ2) is 10.9. The van der Waals surface area contributed by atoms with Crippen molar-refractivity contribution in [3.63, 3.8) is 0 Å². The highest BCUT2D eigenvalue weighted by molar-refractivity contribution is 7.89. The second-order valence-corrected chi connectivity index (χ2v) is 9.32. The number of nitrogens with one attached hydrogen (secondary N) is 3. The maximum atomic E-state index is 13.6. The van der Waals surface area contributed by atoms with Crippen molar-refractivity contribution in [2.75, 3.05) is 18.4 Å². The van der Waals surface area contributed by atoms with Crippen molar-refractivity contribution < 1.29 is 17.6 Å². The fraction of sp³-hybridized carbons (Fsp3) is 0.364. The van der Waals surface area contributed by atoms with Crippen LogP contribution in [-0.4, -0.2) is 33.5 Å². The van der Waals surface area contributed by atoms with Crippen LogP contribution in [0.4, 0.5) is 10.1 Å². The SMILES string of the molecule is Cc1ccc(S(=O)(=O)NC(CC(C)C)C(=O)NCCNc2cccc(F)c2C#N)cc1. The molecule has 31 heavy (non-hydrogen) atoms. The van der Waals surface area contributed by atoms with Crippen molar-refractivity contribution in [3.05, 3.63) is 59.4 Å². The van der Waals surface area contributed by atoms with E-state index in [1.54, 1.807) is 24.3 Å². The smallest absolute Gasteiger partial charge is 0.241 e. The quantitative estimate of drug-likeness (QED) is 0.486. The number of anilines is 1. The molecular weight excluding hydrogens is 419 g/mol. The molecule has 1 atom stereocenters. The van der Waals surface area contributed by atoms with Gasteiger partial charge < -0.3 is 10.6 Å². The molecule has 0 bridgehead atoms. The molecule has 0 aliphatic rings. The number of hydrogen-bond acceptors (Lipinski definition) is 5. The molecule has 2 aromatic carbocycles. The highest BCUT2D eigenvalue weighted by Gasteiger charge is 2.26. The molecule has 0 heterocycles. The highest BCUT2D eigenvalue weighted by Crippen LogP contribution is 2.17. The van der Waals surface area contributed by atoms with Crippen LogP contribution in [0.3, 0.4) is 0 Å². The molecule has 0 aliphatic carbocycles. The summed E-state index contributed by atoms with van der Waals surface area (Å²) in [5, 5.41) is 14.6. The summed E-state index contributed by atoms with van der Waals surface area (Å²) >= 11 is 0. The van der Waals surface area contributed by atoms with Gasteiger partial charge in [0.15, 0.2) is 0 Å². The molecule has 0 spiro atoms. The monoisotopic (exact) mass is 446 g/mol. The van der Waals surface area contributed by atoms with E-state index in [1.165, 1.54) is 24.3 Å². The van der Waals surface area contributed by atoms with Crippen LogP contribution in [0, 0.1) is 30.0 Å². The molecule has 0 fully saturated rings. The Hall–Kier alpha value is -2.96. The molecule has 0 saturated heterocycles. The van der Waals surface area contributed by atoms with Gasteiger partial charge in [0.05, 0.1) is 10.6 Å². The third-order valence-corrected chi connectivity index (χ3v) is 6.00. The standard InChI is InChI=1S/C22H27FN4O3S/c1-15(2)13-21(27-31(29,30)17-9-7-16(3)8-10-17)22(28)26-12-11-25-20-6-4-5-19(23)18(20)14-24/h4-10,15,21,25,27H,11-13H2,1-3H3,(H,26,28). The van der Waals surface area contributed by atoms with E-state index in [0.717, 1.165) is 5.56 Å². The van der Waals surface area contributed by atoms with E-state index in [0.29, 0.717) is 12.1 Å². The molecular formula is C22H27FN4O3S. The zero-order valence-corrected chi connectivity index (χ0v) is 18.6. The van der Waals surface area contributed by atoms with E-state index in [2.05, 4.69) is 15.4 Å². The van der Waals surface area contributed by atoms with Gasteiger partial charge in [-0.2, -0.15) is 9.98 Å². The predicted molar refractivity (Wildman–Crippen MR) is 117 cm³/mol. The molecule has 9 heteroatoms. The molecule has 1 unspecified atom stereocenters. The minimum absolute atomic E-state index is 0.0834. The number of nitrogens with zero attached hydrogens (tertiary/aromatic N) is 1. The lowest BCUT2D eigenvalue weighted by molar-refractivity contribution is -0.123. The van der Waals surface area contributed by atoms with Gasteiger partial charge in [-0.1, -0.05) is 37.6 Å². The van der Waals surface area contributed by atoms with Gasteiger partial charge in [-0.15, -0.1) is 0 Å². The van der Waals surface area contributed by atoms with Crippen LogP contribution < -0.4 is 15.4 Å². The summed E-state index contributed by atoms with van der Waals surface area (Å²) in [5.41, 5.74) is 1.16. The highest BCUT2D eigenvalue weighted by atomic mass is 32.2.